The average molecular weight is 271 g/mol. The summed E-state index contributed by atoms with van der Waals surface area (Å²) >= 11 is 0. The SMILES string of the molecule is CC(C)(C)NC[C@@H](O)Cc1cccc2[nH]c(C#N)cc12. The lowest BCUT2D eigenvalue weighted by Gasteiger charge is -2.23. The first kappa shape index (κ1) is 14.6. The molecule has 3 N–H and O–H groups in total. The lowest BCUT2D eigenvalue weighted by Crippen LogP contribution is -2.41. The van der Waals surface area contributed by atoms with E-state index in [4.69, 9.17) is 5.26 Å². The highest BCUT2D eigenvalue weighted by atomic mass is 16.3. The summed E-state index contributed by atoms with van der Waals surface area (Å²) in [4.78, 5) is 3.06. The molecule has 4 nitrogen and oxygen atoms in total. The van der Waals surface area contributed by atoms with Gasteiger partial charge in [0.15, 0.2) is 0 Å². The van der Waals surface area contributed by atoms with Crippen molar-refractivity contribution in [2.75, 3.05) is 6.54 Å². The average Bonchev–Trinajstić information content (AvgIpc) is 2.80. The van der Waals surface area contributed by atoms with E-state index >= 15 is 0 Å². The number of aliphatic hydroxyl groups excluding tert-OH is 1. The zero-order valence-corrected chi connectivity index (χ0v) is 12.2. The number of H-pyrrole nitrogens is 1. The first-order chi connectivity index (χ1) is 9.39. The molecule has 0 aliphatic heterocycles. The summed E-state index contributed by atoms with van der Waals surface area (Å²) in [5, 5.41) is 23.4. The lowest BCUT2D eigenvalue weighted by molar-refractivity contribution is 0.161. The second kappa shape index (κ2) is 5.66. The van der Waals surface area contributed by atoms with Gasteiger partial charge < -0.3 is 15.4 Å². The molecule has 0 saturated carbocycles. The van der Waals surface area contributed by atoms with Crippen molar-refractivity contribution < 1.29 is 5.11 Å². The predicted octanol–water partition coefficient (Wildman–Crippen LogP) is 2.33. The van der Waals surface area contributed by atoms with Crippen LogP contribution in [-0.4, -0.2) is 28.3 Å². The minimum atomic E-state index is -0.444. The molecule has 0 unspecified atom stereocenters. The largest absolute Gasteiger partial charge is 0.391 e. The molecule has 0 radical (unpaired) electrons. The Morgan fingerprint density at radius 1 is 1.40 bits per heavy atom. The fraction of sp³-hybridized carbons (Fsp3) is 0.438. The van der Waals surface area contributed by atoms with Gasteiger partial charge in [-0.25, -0.2) is 0 Å². The van der Waals surface area contributed by atoms with Crippen molar-refractivity contribution in [1.82, 2.24) is 10.3 Å². The molecule has 1 aromatic heterocycles. The van der Waals surface area contributed by atoms with Gasteiger partial charge in [-0.2, -0.15) is 5.26 Å². The number of aliphatic hydroxyl groups is 1. The highest BCUT2D eigenvalue weighted by molar-refractivity contribution is 5.84. The number of hydrogen-bond acceptors (Lipinski definition) is 3. The van der Waals surface area contributed by atoms with Crippen molar-refractivity contribution >= 4 is 10.9 Å². The Morgan fingerprint density at radius 2 is 2.15 bits per heavy atom. The number of benzene rings is 1. The first-order valence-corrected chi connectivity index (χ1v) is 6.83. The van der Waals surface area contributed by atoms with E-state index in [9.17, 15) is 5.11 Å². The zero-order chi connectivity index (χ0) is 14.8. The van der Waals surface area contributed by atoms with E-state index in [1.807, 2.05) is 24.3 Å². The molecule has 4 heteroatoms. The van der Waals surface area contributed by atoms with Crippen LogP contribution in [0.15, 0.2) is 24.3 Å². The van der Waals surface area contributed by atoms with Crippen LogP contribution in [0.4, 0.5) is 0 Å². The monoisotopic (exact) mass is 271 g/mol. The highest BCUT2D eigenvalue weighted by Crippen LogP contribution is 2.21. The van der Waals surface area contributed by atoms with Crippen molar-refractivity contribution in [1.29, 1.82) is 5.26 Å². The molecule has 0 fully saturated rings. The Balaban J connectivity index is 2.13. The minimum Gasteiger partial charge on any atom is -0.391 e. The Labute approximate surface area is 119 Å². The van der Waals surface area contributed by atoms with Crippen LogP contribution in [0.5, 0.6) is 0 Å². The Hall–Kier alpha value is -1.83. The smallest absolute Gasteiger partial charge is 0.118 e. The van der Waals surface area contributed by atoms with Crippen LogP contribution in [-0.2, 0) is 6.42 Å². The number of aromatic amines is 1. The van der Waals surface area contributed by atoms with Gasteiger partial charge in [-0.15, -0.1) is 0 Å². The van der Waals surface area contributed by atoms with E-state index in [1.54, 1.807) is 0 Å². The number of fused-ring (bicyclic) bond motifs is 1. The summed E-state index contributed by atoms with van der Waals surface area (Å²) in [7, 11) is 0. The number of nitriles is 1. The topological polar surface area (TPSA) is 71.8 Å². The van der Waals surface area contributed by atoms with Gasteiger partial charge in [-0.1, -0.05) is 12.1 Å². The summed E-state index contributed by atoms with van der Waals surface area (Å²) in [6.45, 7) is 6.78. The third-order valence-electron chi connectivity index (χ3n) is 3.20. The van der Waals surface area contributed by atoms with E-state index in [0.29, 0.717) is 18.7 Å². The second-order valence-electron chi connectivity index (χ2n) is 6.16. The molecule has 1 atom stereocenters. The standard InChI is InChI=1S/C16H21N3O/c1-16(2,3)18-10-13(20)7-11-5-4-6-15-14(11)8-12(9-17)19-15/h4-6,8,13,18-20H,7,10H2,1-3H3/t13-/m0/s1. The number of hydrogen-bond donors (Lipinski definition) is 3. The van der Waals surface area contributed by atoms with Crippen LogP contribution in [0, 0.1) is 11.3 Å². The van der Waals surface area contributed by atoms with Crippen LogP contribution >= 0.6 is 0 Å². The molecular weight excluding hydrogens is 250 g/mol. The van der Waals surface area contributed by atoms with Crippen LogP contribution in [0.2, 0.25) is 0 Å². The van der Waals surface area contributed by atoms with Crippen molar-refractivity contribution in [3.63, 3.8) is 0 Å². The molecule has 0 amide bonds. The van der Waals surface area contributed by atoms with E-state index in [0.717, 1.165) is 16.5 Å². The molecule has 1 heterocycles. The minimum absolute atomic E-state index is 0.00491. The van der Waals surface area contributed by atoms with E-state index < -0.39 is 6.10 Å². The van der Waals surface area contributed by atoms with Gasteiger partial charge in [0.2, 0.25) is 0 Å². The van der Waals surface area contributed by atoms with Gasteiger partial charge in [0.25, 0.3) is 0 Å². The summed E-state index contributed by atoms with van der Waals surface area (Å²) in [5.74, 6) is 0. The zero-order valence-electron chi connectivity index (χ0n) is 12.2. The van der Waals surface area contributed by atoms with Gasteiger partial charge in [0, 0.05) is 29.4 Å². The number of β-amino-alcohol motifs (C(OH)–C–C–N with tert-alkyl or cyclic N) is 1. The molecule has 0 spiro atoms. The molecule has 106 valence electrons. The number of nitrogens with one attached hydrogen (secondary N) is 2. The quantitative estimate of drug-likeness (QED) is 0.799. The van der Waals surface area contributed by atoms with Gasteiger partial charge in [-0.3, -0.25) is 0 Å². The Morgan fingerprint density at radius 3 is 2.80 bits per heavy atom. The Kier molecular flexibility index (Phi) is 4.12. The van der Waals surface area contributed by atoms with E-state index in [1.165, 1.54) is 0 Å². The first-order valence-electron chi connectivity index (χ1n) is 6.83. The lowest BCUT2D eigenvalue weighted by atomic mass is 10.0. The normalized spacial score (nSPS) is 13.3. The number of rotatable bonds is 4. The van der Waals surface area contributed by atoms with E-state index in [2.05, 4.69) is 37.1 Å². The maximum atomic E-state index is 10.2. The summed E-state index contributed by atoms with van der Waals surface area (Å²) in [6.07, 6.45) is 0.128. The molecule has 0 saturated heterocycles. The fourth-order valence-electron chi connectivity index (χ4n) is 2.21. The van der Waals surface area contributed by atoms with Crippen molar-refractivity contribution in [2.45, 2.75) is 38.8 Å². The van der Waals surface area contributed by atoms with Crippen molar-refractivity contribution in [3.05, 3.63) is 35.5 Å². The maximum absolute atomic E-state index is 10.2. The second-order valence-corrected chi connectivity index (χ2v) is 6.16. The molecule has 20 heavy (non-hydrogen) atoms. The van der Waals surface area contributed by atoms with Gasteiger partial charge in [0.1, 0.15) is 11.8 Å². The highest BCUT2D eigenvalue weighted by Gasteiger charge is 2.14. The summed E-state index contributed by atoms with van der Waals surface area (Å²) in [5.41, 5.74) is 2.54. The fourth-order valence-corrected chi connectivity index (χ4v) is 2.21. The number of aromatic nitrogens is 1. The Bertz CT molecular complexity index is 631. The third kappa shape index (κ3) is 3.60. The molecular formula is C16H21N3O. The van der Waals surface area contributed by atoms with Crippen LogP contribution in [0.25, 0.3) is 10.9 Å². The molecule has 2 aromatic rings. The molecule has 0 aliphatic rings. The predicted molar refractivity (Wildman–Crippen MR) is 80.5 cm³/mol. The van der Waals surface area contributed by atoms with Gasteiger partial charge in [-0.05, 0) is 38.5 Å². The summed E-state index contributed by atoms with van der Waals surface area (Å²) in [6, 6.07) is 9.84. The third-order valence-corrected chi connectivity index (χ3v) is 3.20. The molecule has 1 aromatic carbocycles. The van der Waals surface area contributed by atoms with Gasteiger partial charge in [0.05, 0.1) is 6.10 Å². The number of nitrogens with zero attached hydrogens (tertiary/aromatic N) is 1. The van der Waals surface area contributed by atoms with Crippen molar-refractivity contribution in [3.8, 4) is 6.07 Å². The molecule has 0 aliphatic carbocycles. The van der Waals surface area contributed by atoms with Crippen molar-refractivity contribution in [2.24, 2.45) is 0 Å². The maximum Gasteiger partial charge on any atom is 0.118 e. The van der Waals surface area contributed by atoms with Gasteiger partial charge >= 0.3 is 0 Å². The van der Waals surface area contributed by atoms with Crippen LogP contribution in [0.3, 0.4) is 0 Å². The molecule has 2 rings (SSSR count). The van der Waals surface area contributed by atoms with Crippen LogP contribution < -0.4 is 5.32 Å². The van der Waals surface area contributed by atoms with Crippen LogP contribution in [0.1, 0.15) is 32.0 Å². The summed E-state index contributed by atoms with van der Waals surface area (Å²) < 4.78 is 0. The van der Waals surface area contributed by atoms with E-state index in [-0.39, 0.29) is 5.54 Å². The molecule has 0 bridgehead atoms.